The number of nitrogens with one attached hydrogen (secondary N) is 1. The second-order valence-electron chi connectivity index (χ2n) is 5.87. The van der Waals surface area contributed by atoms with E-state index in [4.69, 9.17) is 21.6 Å². The van der Waals surface area contributed by atoms with E-state index in [0.717, 1.165) is 20.9 Å². The van der Waals surface area contributed by atoms with Gasteiger partial charge >= 0.3 is 0 Å². The molecule has 1 N–H and O–H groups in total. The molecule has 0 bridgehead atoms. The quantitative estimate of drug-likeness (QED) is 0.361. The predicted molar refractivity (Wildman–Crippen MR) is 113 cm³/mol. The molecule has 3 aromatic carbocycles. The first-order valence-corrected chi connectivity index (χ1v) is 9.46. The number of hydrogen-bond donors (Lipinski definition) is 1. The fourth-order valence-electron chi connectivity index (χ4n) is 2.67. The van der Waals surface area contributed by atoms with Crippen molar-refractivity contribution in [2.24, 2.45) is 0 Å². The number of nitriles is 1. The number of anilines is 2. The maximum absolute atomic E-state index is 8.89. The summed E-state index contributed by atoms with van der Waals surface area (Å²) in [4.78, 5) is 8.55. The van der Waals surface area contributed by atoms with E-state index in [1.165, 1.54) is 0 Å². The van der Waals surface area contributed by atoms with E-state index >= 15 is 0 Å². The number of ether oxygens (including phenoxy) is 1. The van der Waals surface area contributed by atoms with Gasteiger partial charge in [-0.3, -0.25) is 0 Å². The number of benzene rings is 3. The average Bonchev–Trinajstić information content (AvgIpc) is 2.70. The first kappa shape index (κ1) is 18.2. The van der Waals surface area contributed by atoms with Gasteiger partial charge in [-0.2, -0.15) is 10.2 Å². The van der Waals surface area contributed by atoms with Crippen LogP contribution >= 0.6 is 27.5 Å². The SMILES string of the molecule is N#Cc1ccc(Nc2nc(Cl)cc(Oc3ccc4ccccc4c3Br)n2)cc1. The maximum Gasteiger partial charge on any atom is 0.231 e. The average molecular weight is 452 g/mol. The Morgan fingerprint density at radius 3 is 2.57 bits per heavy atom. The zero-order valence-electron chi connectivity index (χ0n) is 14.4. The van der Waals surface area contributed by atoms with Crippen molar-refractivity contribution >= 4 is 49.9 Å². The summed E-state index contributed by atoms with van der Waals surface area (Å²) >= 11 is 9.74. The van der Waals surface area contributed by atoms with Crippen LogP contribution in [0.2, 0.25) is 5.15 Å². The molecule has 4 rings (SSSR count). The van der Waals surface area contributed by atoms with Crippen molar-refractivity contribution in [2.75, 3.05) is 5.32 Å². The topological polar surface area (TPSA) is 70.8 Å². The Morgan fingerprint density at radius 2 is 1.79 bits per heavy atom. The van der Waals surface area contributed by atoms with Crippen LogP contribution in [-0.2, 0) is 0 Å². The first-order chi connectivity index (χ1) is 13.6. The highest BCUT2D eigenvalue weighted by atomic mass is 79.9. The molecular weight excluding hydrogens is 440 g/mol. The minimum absolute atomic E-state index is 0.248. The van der Waals surface area contributed by atoms with Crippen LogP contribution in [0.25, 0.3) is 10.8 Å². The predicted octanol–water partition coefficient (Wildman–Crippen LogP) is 6.45. The Bertz CT molecular complexity index is 1210. The van der Waals surface area contributed by atoms with Gasteiger partial charge < -0.3 is 10.1 Å². The molecule has 28 heavy (non-hydrogen) atoms. The molecule has 0 saturated heterocycles. The second-order valence-corrected chi connectivity index (χ2v) is 7.05. The number of aromatic nitrogens is 2. The van der Waals surface area contributed by atoms with Gasteiger partial charge in [0.25, 0.3) is 0 Å². The molecule has 0 amide bonds. The van der Waals surface area contributed by atoms with Crippen LogP contribution in [0.15, 0.2) is 71.2 Å². The van der Waals surface area contributed by atoms with Gasteiger partial charge in [-0.25, -0.2) is 4.98 Å². The first-order valence-electron chi connectivity index (χ1n) is 8.29. The normalized spacial score (nSPS) is 10.5. The molecule has 0 atom stereocenters. The van der Waals surface area contributed by atoms with Gasteiger partial charge in [0.05, 0.1) is 16.1 Å². The molecule has 0 aliphatic rings. The van der Waals surface area contributed by atoms with Crippen molar-refractivity contribution in [3.05, 3.63) is 81.9 Å². The molecule has 0 aliphatic heterocycles. The molecule has 1 heterocycles. The van der Waals surface area contributed by atoms with Crippen LogP contribution < -0.4 is 10.1 Å². The molecule has 1 aromatic heterocycles. The standard InChI is InChI=1S/C21H12BrClN4O/c22-20-16-4-2-1-3-14(16)7-10-17(20)28-19-11-18(23)26-21(27-19)25-15-8-5-13(12-24)6-9-15/h1-11H,(H,25,26,27). The Kier molecular flexibility index (Phi) is 5.11. The monoisotopic (exact) mass is 450 g/mol. The third-order valence-electron chi connectivity index (χ3n) is 3.98. The summed E-state index contributed by atoms with van der Waals surface area (Å²) in [6, 6.07) is 22.4. The zero-order chi connectivity index (χ0) is 19.5. The number of fused-ring (bicyclic) bond motifs is 1. The molecule has 0 saturated carbocycles. The molecule has 7 heteroatoms. The van der Waals surface area contributed by atoms with Gasteiger partial charge in [-0.1, -0.05) is 41.9 Å². The lowest BCUT2D eigenvalue weighted by molar-refractivity contribution is 0.460. The summed E-state index contributed by atoms with van der Waals surface area (Å²) in [5.41, 5.74) is 1.31. The lowest BCUT2D eigenvalue weighted by Crippen LogP contribution is -1.99. The van der Waals surface area contributed by atoms with Gasteiger partial charge in [-0.15, -0.1) is 0 Å². The molecule has 0 spiro atoms. The second kappa shape index (κ2) is 7.85. The number of hydrogen-bond acceptors (Lipinski definition) is 5. The number of rotatable bonds is 4. The molecule has 0 aliphatic carbocycles. The van der Waals surface area contributed by atoms with Gasteiger partial charge in [-0.05, 0) is 57.0 Å². The number of halogens is 2. The summed E-state index contributed by atoms with van der Waals surface area (Å²) in [6.45, 7) is 0. The highest BCUT2D eigenvalue weighted by molar-refractivity contribution is 9.10. The van der Waals surface area contributed by atoms with Crippen molar-refractivity contribution in [1.82, 2.24) is 9.97 Å². The van der Waals surface area contributed by atoms with Crippen molar-refractivity contribution in [3.63, 3.8) is 0 Å². The number of nitrogens with zero attached hydrogens (tertiary/aromatic N) is 3. The van der Waals surface area contributed by atoms with E-state index in [0.29, 0.717) is 23.1 Å². The summed E-state index contributed by atoms with van der Waals surface area (Å²) < 4.78 is 6.78. The Hall–Kier alpha value is -3.14. The fraction of sp³-hybridized carbons (Fsp3) is 0. The van der Waals surface area contributed by atoms with Gasteiger partial charge in [0.15, 0.2) is 0 Å². The lowest BCUT2D eigenvalue weighted by Gasteiger charge is -2.11. The smallest absolute Gasteiger partial charge is 0.231 e. The van der Waals surface area contributed by atoms with Crippen LogP contribution in [0.1, 0.15) is 5.56 Å². The summed E-state index contributed by atoms with van der Waals surface area (Å²) in [7, 11) is 0. The molecular formula is C21H12BrClN4O. The van der Waals surface area contributed by atoms with E-state index in [9.17, 15) is 0 Å². The third kappa shape index (κ3) is 3.91. The molecule has 136 valence electrons. The van der Waals surface area contributed by atoms with Crippen molar-refractivity contribution in [3.8, 4) is 17.7 Å². The van der Waals surface area contributed by atoms with Crippen LogP contribution in [-0.4, -0.2) is 9.97 Å². The van der Waals surface area contributed by atoms with Gasteiger partial charge in [0, 0.05) is 11.8 Å². The summed E-state index contributed by atoms with van der Waals surface area (Å²) in [5.74, 6) is 1.23. The van der Waals surface area contributed by atoms with Crippen LogP contribution in [0, 0.1) is 11.3 Å². The van der Waals surface area contributed by atoms with Gasteiger partial charge in [0.1, 0.15) is 10.9 Å². The molecule has 0 fully saturated rings. The highest BCUT2D eigenvalue weighted by Gasteiger charge is 2.10. The van der Waals surface area contributed by atoms with Crippen LogP contribution in [0.4, 0.5) is 11.6 Å². The van der Waals surface area contributed by atoms with E-state index in [1.54, 1.807) is 30.3 Å². The van der Waals surface area contributed by atoms with E-state index < -0.39 is 0 Å². The largest absolute Gasteiger partial charge is 0.438 e. The minimum Gasteiger partial charge on any atom is -0.438 e. The Balaban J connectivity index is 1.62. The van der Waals surface area contributed by atoms with Crippen molar-refractivity contribution in [2.45, 2.75) is 0 Å². The van der Waals surface area contributed by atoms with Crippen LogP contribution in [0.5, 0.6) is 11.6 Å². The van der Waals surface area contributed by atoms with Gasteiger partial charge in [0.2, 0.25) is 11.8 Å². The molecule has 0 radical (unpaired) electrons. The molecule has 0 unspecified atom stereocenters. The Labute approximate surface area is 174 Å². The van der Waals surface area contributed by atoms with Crippen molar-refractivity contribution in [1.29, 1.82) is 5.26 Å². The van der Waals surface area contributed by atoms with E-state index in [1.807, 2.05) is 36.4 Å². The lowest BCUT2D eigenvalue weighted by atomic mass is 10.1. The molecule has 5 nitrogen and oxygen atoms in total. The van der Waals surface area contributed by atoms with Crippen LogP contribution in [0.3, 0.4) is 0 Å². The van der Waals surface area contributed by atoms with E-state index in [2.05, 4.69) is 37.3 Å². The van der Waals surface area contributed by atoms with E-state index in [-0.39, 0.29) is 5.15 Å². The third-order valence-corrected chi connectivity index (χ3v) is 5.00. The summed E-state index contributed by atoms with van der Waals surface area (Å²) in [5, 5.41) is 14.3. The minimum atomic E-state index is 0.248. The maximum atomic E-state index is 8.89. The Morgan fingerprint density at radius 1 is 1.00 bits per heavy atom. The molecule has 4 aromatic rings. The summed E-state index contributed by atoms with van der Waals surface area (Å²) in [6.07, 6.45) is 0. The fourth-order valence-corrected chi connectivity index (χ4v) is 3.42. The zero-order valence-corrected chi connectivity index (χ0v) is 16.7. The highest BCUT2D eigenvalue weighted by Crippen LogP contribution is 2.36. The van der Waals surface area contributed by atoms with Crippen molar-refractivity contribution < 1.29 is 4.74 Å².